The van der Waals surface area contributed by atoms with Crippen molar-refractivity contribution in [1.82, 2.24) is 10.3 Å². The Morgan fingerprint density at radius 3 is 2.64 bits per heavy atom. The SMILES string of the molecule is Cl.N#Cc1c(-c2cccc(NC(=O)C3CCNC3)c2)cc(-c2ccc(Cl)cc2O)nc1NC(=O)c1ccco1. The third-order valence-corrected chi connectivity index (χ3v) is 6.45. The normalized spacial score (nSPS) is 14.2. The van der Waals surface area contributed by atoms with Crippen molar-refractivity contribution in [3.63, 3.8) is 0 Å². The topological polar surface area (TPSA) is 140 Å². The van der Waals surface area contributed by atoms with Gasteiger partial charge in [0, 0.05) is 28.4 Å². The standard InChI is InChI=1S/C28H22ClN5O4.ClH/c29-18-6-7-20(24(35)12-18)23-13-21(22(14-30)26(33-23)34-28(37)25-5-2-10-38-25)16-3-1-4-19(11-16)32-27(36)17-8-9-31-15-17;/h1-7,10-13,17,31,35H,8-9,15H2,(H,32,36)(H,33,34,37);1H. The van der Waals surface area contributed by atoms with E-state index in [-0.39, 0.29) is 47.1 Å². The van der Waals surface area contributed by atoms with Gasteiger partial charge in [-0.05, 0) is 67.1 Å². The van der Waals surface area contributed by atoms with Gasteiger partial charge in [0.1, 0.15) is 17.4 Å². The molecule has 2 aromatic carbocycles. The molecule has 198 valence electrons. The number of aromatic nitrogens is 1. The Morgan fingerprint density at radius 2 is 1.95 bits per heavy atom. The third kappa shape index (κ3) is 6.04. The van der Waals surface area contributed by atoms with E-state index in [1.165, 1.54) is 18.4 Å². The van der Waals surface area contributed by atoms with Gasteiger partial charge in [0.25, 0.3) is 5.91 Å². The number of benzene rings is 2. The number of hydrogen-bond acceptors (Lipinski definition) is 7. The van der Waals surface area contributed by atoms with E-state index in [9.17, 15) is 20.0 Å². The molecular formula is C28H23Cl2N5O4. The molecule has 1 saturated heterocycles. The van der Waals surface area contributed by atoms with E-state index in [1.54, 1.807) is 48.5 Å². The molecule has 4 aromatic rings. The van der Waals surface area contributed by atoms with Crippen molar-refractivity contribution in [2.75, 3.05) is 23.7 Å². The van der Waals surface area contributed by atoms with Crippen LogP contribution in [0.1, 0.15) is 22.5 Å². The van der Waals surface area contributed by atoms with E-state index in [1.807, 2.05) is 0 Å². The maximum Gasteiger partial charge on any atom is 0.292 e. The van der Waals surface area contributed by atoms with Gasteiger partial charge < -0.3 is 25.5 Å². The number of hydrogen-bond donors (Lipinski definition) is 4. The minimum absolute atomic E-state index is 0. The van der Waals surface area contributed by atoms with Crippen molar-refractivity contribution in [2.24, 2.45) is 5.92 Å². The second-order valence-corrected chi connectivity index (χ2v) is 9.18. The summed E-state index contributed by atoms with van der Waals surface area (Å²) in [5.41, 5.74) is 2.37. The van der Waals surface area contributed by atoms with Crippen LogP contribution in [0, 0.1) is 17.2 Å². The van der Waals surface area contributed by atoms with Crippen molar-refractivity contribution in [1.29, 1.82) is 5.26 Å². The number of phenolic OH excluding ortho intramolecular Hbond substituents is 1. The van der Waals surface area contributed by atoms with Gasteiger partial charge in [0.2, 0.25) is 5.91 Å². The lowest BCUT2D eigenvalue weighted by molar-refractivity contribution is -0.119. The summed E-state index contributed by atoms with van der Waals surface area (Å²) in [5, 5.41) is 29.8. The Balaban J connectivity index is 0.00000353. The average Bonchev–Trinajstić information content (AvgIpc) is 3.64. The van der Waals surface area contributed by atoms with Crippen LogP contribution in [-0.2, 0) is 4.79 Å². The van der Waals surface area contributed by atoms with E-state index in [4.69, 9.17) is 16.0 Å². The van der Waals surface area contributed by atoms with Crippen LogP contribution in [0.3, 0.4) is 0 Å². The molecule has 1 unspecified atom stereocenters. The summed E-state index contributed by atoms with van der Waals surface area (Å²) in [6, 6.07) is 18.5. The molecule has 0 radical (unpaired) electrons. The molecular weight excluding hydrogens is 541 g/mol. The maximum absolute atomic E-state index is 12.8. The number of phenols is 1. The van der Waals surface area contributed by atoms with E-state index < -0.39 is 5.91 Å². The van der Waals surface area contributed by atoms with Gasteiger partial charge >= 0.3 is 0 Å². The molecule has 3 heterocycles. The average molecular weight is 564 g/mol. The Labute approximate surface area is 235 Å². The predicted molar refractivity (Wildman–Crippen MR) is 150 cm³/mol. The number of carbonyl (C=O) groups is 2. The number of amides is 2. The molecule has 0 spiro atoms. The van der Waals surface area contributed by atoms with Crippen LogP contribution in [0.2, 0.25) is 5.02 Å². The van der Waals surface area contributed by atoms with E-state index in [0.29, 0.717) is 39.6 Å². The number of anilines is 2. The molecule has 39 heavy (non-hydrogen) atoms. The van der Waals surface area contributed by atoms with Gasteiger partial charge in [0.05, 0.1) is 17.9 Å². The highest BCUT2D eigenvalue weighted by Crippen LogP contribution is 2.37. The number of nitrogens with one attached hydrogen (secondary N) is 3. The fourth-order valence-electron chi connectivity index (χ4n) is 4.30. The molecule has 0 aliphatic carbocycles. The summed E-state index contributed by atoms with van der Waals surface area (Å²) in [4.78, 5) is 29.9. The zero-order valence-corrected chi connectivity index (χ0v) is 22.0. The van der Waals surface area contributed by atoms with E-state index >= 15 is 0 Å². The van der Waals surface area contributed by atoms with Crippen LogP contribution in [0.25, 0.3) is 22.4 Å². The van der Waals surface area contributed by atoms with Crippen LogP contribution in [-0.4, -0.2) is 35.0 Å². The van der Waals surface area contributed by atoms with Gasteiger partial charge in [-0.15, -0.1) is 12.4 Å². The number of nitrogens with zero attached hydrogens (tertiary/aromatic N) is 2. The lowest BCUT2D eigenvalue weighted by atomic mass is 9.97. The molecule has 5 rings (SSSR count). The van der Waals surface area contributed by atoms with Crippen molar-refractivity contribution < 1.29 is 19.1 Å². The largest absolute Gasteiger partial charge is 0.507 e. The first-order valence-electron chi connectivity index (χ1n) is 11.8. The predicted octanol–water partition coefficient (Wildman–Crippen LogP) is 5.46. The van der Waals surface area contributed by atoms with Gasteiger partial charge in [-0.25, -0.2) is 4.98 Å². The molecule has 1 atom stereocenters. The fourth-order valence-corrected chi connectivity index (χ4v) is 4.47. The molecule has 1 aliphatic heterocycles. The summed E-state index contributed by atoms with van der Waals surface area (Å²) >= 11 is 6.01. The Bertz CT molecular complexity index is 1560. The summed E-state index contributed by atoms with van der Waals surface area (Å²) < 4.78 is 5.18. The number of nitriles is 1. The van der Waals surface area contributed by atoms with Crippen molar-refractivity contribution >= 4 is 47.3 Å². The smallest absolute Gasteiger partial charge is 0.292 e. The molecule has 0 bridgehead atoms. The minimum Gasteiger partial charge on any atom is -0.507 e. The highest BCUT2D eigenvalue weighted by atomic mass is 35.5. The maximum atomic E-state index is 12.8. The van der Waals surface area contributed by atoms with E-state index in [0.717, 1.165) is 13.0 Å². The second-order valence-electron chi connectivity index (χ2n) is 8.74. The molecule has 1 fully saturated rings. The van der Waals surface area contributed by atoms with Gasteiger partial charge in [-0.3, -0.25) is 9.59 Å². The second kappa shape index (κ2) is 12.0. The first-order chi connectivity index (χ1) is 18.4. The van der Waals surface area contributed by atoms with Crippen molar-refractivity contribution in [2.45, 2.75) is 6.42 Å². The third-order valence-electron chi connectivity index (χ3n) is 6.22. The summed E-state index contributed by atoms with van der Waals surface area (Å²) in [6.07, 6.45) is 2.13. The number of aromatic hydroxyl groups is 1. The quantitative estimate of drug-likeness (QED) is 0.244. The molecule has 11 heteroatoms. The Morgan fingerprint density at radius 1 is 1.10 bits per heavy atom. The van der Waals surface area contributed by atoms with Crippen molar-refractivity contribution in [3.05, 3.63) is 83.3 Å². The highest BCUT2D eigenvalue weighted by molar-refractivity contribution is 6.30. The van der Waals surface area contributed by atoms with E-state index in [2.05, 4.69) is 27.0 Å². The van der Waals surface area contributed by atoms with Gasteiger partial charge in [-0.1, -0.05) is 23.7 Å². The van der Waals surface area contributed by atoms with Crippen LogP contribution < -0.4 is 16.0 Å². The number of pyridine rings is 1. The zero-order chi connectivity index (χ0) is 26.6. The van der Waals surface area contributed by atoms with Crippen molar-refractivity contribution in [3.8, 4) is 34.2 Å². The first-order valence-corrected chi connectivity index (χ1v) is 12.2. The number of halogens is 2. The number of carbonyl (C=O) groups excluding carboxylic acids is 2. The summed E-state index contributed by atoms with van der Waals surface area (Å²) in [7, 11) is 0. The molecule has 2 aromatic heterocycles. The summed E-state index contributed by atoms with van der Waals surface area (Å²) in [5.74, 6) is -0.869. The monoisotopic (exact) mass is 563 g/mol. The molecule has 0 saturated carbocycles. The molecule has 4 N–H and O–H groups in total. The van der Waals surface area contributed by atoms with Crippen LogP contribution >= 0.6 is 24.0 Å². The van der Waals surface area contributed by atoms with Gasteiger partial charge in [0.15, 0.2) is 11.6 Å². The lowest BCUT2D eigenvalue weighted by Gasteiger charge is -2.15. The minimum atomic E-state index is -0.589. The summed E-state index contributed by atoms with van der Waals surface area (Å²) in [6.45, 7) is 1.43. The number of furan rings is 1. The van der Waals surface area contributed by atoms with Crippen LogP contribution in [0.15, 0.2) is 71.3 Å². The lowest BCUT2D eigenvalue weighted by Crippen LogP contribution is -2.24. The molecule has 1 aliphatic rings. The highest BCUT2D eigenvalue weighted by Gasteiger charge is 2.23. The van der Waals surface area contributed by atoms with Crippen LogP contribution in [0.5, 0.6) is 5.75 Å². The first kappa shape index (κ1) is 27.7. The Kier molecular flexibility index (Phi) is 8.52. The Hall–Kier alpha value is -4.36. The fraction of sp³-hybridized carbons (Fsp3) is 0.143. The number of rotatable bonds is 6. The van der Waals surface area contributed by atoms with Crippen LogP contribution in [0.4, 0.5) is 11.5 Å². The molecule has 9 nitrogen and oxygen atoms in total. The zero-order valence-electron chi connectivity index (χ0n) is 20.4. The molecule has 2 amide bonds. The van der Waals surface area contributed by atoms with Gasteiger partial charge in [-0.2, -0.15) is 5.26 Å².